The summed E-state index contributed by atoms with van der Waals surface area (Å²) in [7, 11) is 0. The lowest BCUT2D eigenvalue weighted by molar-refractivity contribution is 0.0942. The molecule has 0 aliphatic rings. The summed E-state index contributed by atoms with van der Waals surface area (Å²) in [5.41, 5.74) is 1.61. The van der Waals surface area contributed by atoms with Crippen LogP contribution in [0, 0.1) is 0 Å². The highest BCUT2D eigenvalue weighted by molar-refractivity contribution is 5.94. The number of nitrogens with zero attached hydrogens (tertiary/aromatic N) is 1. The van der Waals surface area contributed by atoms with Crippen LogP contribution in [0.25, 0.3) is 0 Å². The number of pyridine rings is 1. The number of amides is 1. The van der Waals surface area contributed by atoms with Crippen molar-refractivity contribution in [2.45, 2.75) is 26.5 Å². The SMILES string of the molecule is CC(C)NC(=O)c1ccc(OCc2ccccc2)nc1. The molecule has 0 aliphatic carbocycles. The Balaban J connectivity index is 1.93. The summed E-state index contributed by atoms with van der Waals surface area (Å²) in [5, 5.41) is 2.82. The van der Waals surface area contributed by atoms with Crippen LogP contribution in [0.3, 0.4) is 0 Å². The maximum Gasteiger partial charge on any atom is 0.253 e. The standard InChI is InChI=1S/C16H18N2O2/c1-12(2)18-16(19)14-8-9-15(17-10-14)20-11-13-6-4-3-5-7-13/h3-10,12H,11H2,1-2H3,(H,18,19). The van der Waals surface area contributed by atoms with E-state index in [2.05, 4.69) is 10.3 Å². The van der Waals surface area contributed by atoms with Crippen molar-refractivity contribution in [3.05, 3.63) is 59.8 Å². The van der Waals surface area contributed by atoms with Crippen molar-refractivity contribution >= 4 is 5.91 Å². The molecule has 1 aromatic carbocycles. The summed E-state index contributed by atoms with van der Waals surface area (Å²) < 4.78 is 5.57. The van der Waals surface area contributed by atoms with Crippen molar-refractivity contribution in [1.29, 1.82) is 0 Å². The van der Waals surface area contributed by atoms with E-state index in [1.807, 2.05) is 44.2 Å². The molecule has 1 amide bonds. The molecule has 2 aromatic rings. The summed E-state index contributed by atoms with van der Waals surface area (Å²) in [4.78, 5) is 15.9. The fraction of sp³-hybridized carbons (Fsp3) is 0.250. The Bertz CT molecular complexity index is 550. The summed E-state index contributed by atoms with van der Waals surface area (Å²) in [5.74, 6) is 0.386. The van der Waals surface area contributed by atoms with Gasteiger partial charge in [-0.2, -0.15) is 0 Å². The molecule has 20 heavy (non-hydrogen) atoms. The number of nitrogens with one attached hydrogen (secondary N) is 1. The molecule has 1 heterocycles. The van der Waals surface area contributed by atoms with Gasteiger partial charge in [-0.05, 0) is 25.5 Å². The quantitative estimate of drug-likeness (QED) is 0.909. The van der Waals surface area contributed by atoms with Crippen LogP contribution in [0.2, 0.25) is 0 Å². The van der Waals surface area contributed by atoms with E-state index in [1.165, 1.54) is 6.20 Å². The molecule has 4 nitrogen and oxygen atoms in total. The average molecular weight is 270 g/mol. The third-order valence-electron chi connectivity index (χ3n) is 2.65. The predicted molar refractivity (Wildman–Crippen MR) is 77.6 cm³/mol. The molecule has 0 radical (unpaired) electrons. The molecule has 0 saturated carbocycles. The fourth-order valence-electron chi connectivity index (χ4n) is 1.68. The monoisotopic (exact) mass is 270 g/mol. The Morgan fingerprint density at radius 2 is 1.95 bits per heavy atom. The molecular formula is C16H18N2O2. The molecule has 0 unspecified atom stereocenters. The molecule has 1 aromatic heterocycles. The number of rotatable bonds is 5. The van der Waals surface area contributed by atoms with E-state index in [1.54, 1.807) is 12.1 Å². The minimum absolute atomic E-state index is 0.108. The lowest BCUT2D eigenvalue weighted by atomic mass is 10.2. The molecule has 0 aliphatic heterocycles. The van der Waals surface area contributed by atoms with E-state index in [0.717, 1.165) is 5.56 Å². The van der Waals surface area contributed by atoms with Crippen LogP contribution >= 0.6 is 0 Å². The van der Waals surface area contributed by atoms with Gasteiger partial charge in [0.05, 0.1) is 5.56 Å². The van der Waals surface area contributed by atoms with Gasteiger partial charge < -0.3 is 10.1 Å². The second-order valence-corrected chi connectivity index (χ2v) is 4.79. The van der Waals surface area contributed by atoms with Crippen LogP contribution in [-0.4, -0.2) is 16.9 Å². The molecule has 0 atom stereocenters. The summed E-state index contributed by atoms with van der Waals surface area (Å²) in [6.07, 6.45) is 1.53. The Morgan fingerprint density at radius 3 is 2.55 bits per heavy atom. The predicted octanol–water partition coefficient (Wildman–Crippen LogP) is 2.80. The van der Waals surface area contributed by atoms with Gasteiger partial charge in [0, 0.05) is 18.3 Å². The van der Waals surface area contributed by atoms with Crippen molar-refractivity contribution in [2.75, 3.05) is 0 Å². The van der Waals surface area contributed by atoms with Crippen molar-refractivity contribution in [2.24, 2.45) is 0 Å². The molecule has 0 fully saturated rings. The zero-order valence-corrected chi connectivity index (χ0v) is 11.7. The second-order valence-electron chi connectivity index (χ2n) is 4.79. The molecule has 2 rings (SSSR count). The Labute approximate surface area is 118 Å². The van der Waals surface area contributed by atoms with Crippen LogP contribution < -0.4 is 10.1 Å². The van der Waals surface area contributed by atoms with Gasteiger partial charge in [-0.3, -0.25) is 4.79 Å². The van der Waals surface area contributed by atoms with E-state index >= 15 is 0 Å². The van der Waals surface area contributed by atoms with Crippen molar-refractivity contribution in [3.8, 4) is 5.88 Å². The topological polar surface area (TPSA) is 51.2 Å². The van der Waals surface area contributed by atoms with E-state index in [-0.39, 0.29) is 11.9 Å². The molecule has 0 bridgehead atoms. The van der Waals surface area contributed by atoms with Crippen molar-refractivity contribution in [3.63, 3.8) is 0 Å². The fourth-order valence-corrected chi connectivity index (χ4v) is 1.68. The smallest absolute Gasteiger partial charge is 0.253 e. The number of hydrogen-bond acceptors (Lipinski definition) is 3. The van der Waals surface area contributed by atoms with E-state index < -0.39 is 0 Å². The zero-order valence-electron chi connectivity index (χ0n) is 11.7. The first-order valence-electron chi connectivity index (χ1n) is 6.59. The number of carbonyl (C=O) groups is 1. The Hall–Kier alpha value is -2.36. The molecular weight excluding hydrogens is 252 g/mol. The third kappa shape index (κ3) is 4.09. The molecule has 104 valence electrons. The van der Waals surface area contributed by atoms with Crippen LogP contribution in [0.1, 0.15) is 29.8 Å². The molecule has 0 saturated heterocycles. The first kappa shape index (κ1) is 14.1. The lowest BCUT2D eigenvalue weighted by Crippen LogP contribution is -2.30. The largest absolute Gasteiger partial charge is 0.473 e. The minimum Gasteiger partial charge on any atom is -0.473 e. The number of carbonyl (C=O) groups excluding carboxylic acids is 1. The van der Waals surface area contributed by atoms with E-state index in [4.69, 9.17) is 4.74 Å². The van der Waals surface area contributed by atoms with E-state index in [0.29, 0.717) is 18.1 Å². The summed E-state index contributed by atoms with van der Waals surface area (Å²) in [6.45, 7) is 4.30. The Kier molecular flexibility index (Phi) is 4.71. The van der Waals surface area contributed by atoms with Gasteiger partial charge in [-0.15, -0.1) is 0 Å². The van der Waals surface area contributed by atoms with E-state index in [9.17, 15) is 4.79 Å². The minimum atomic E-state index is -0.123. The van der Waals surface area contributed by atoms with Gasteiger partial charge in [-0.25, -0.2) is 4.98 Å². The molecule has 1 N–H and O–H groups in total. The highest BCUT2D eigenvalue weighted by atomic mass is 16.5. The normalized spacial score (nSPS) is 10.3. The number of aromatic nitrogens is 1. The first-order chi connectivity index (χ1) is 9.65. The first-order valence-corrected chi connectivity index (χ1v) is 6.59. The average Bonchev–Trinajstić information content (AvgIpc) is 2.46. The van der Waals surface area contributed by atoms with Gasteiger partial charge in [0.1, 0.15) is 6.61 Å². The highest BCUT2D eigenvalue weighted by Crippen LogP contribution is 2.10. The second kappa shape index (κ2) is 6.70. The van der Waals surface area contributed by atoms with Gasteiger partial charge in [0.2, 0.25) is 5.88 Å². The van der Waals surface area contributed by atoms with Gasteiger partial charge in [0.15, 0.2) is 0 Å². The van der Waals surface area contributed by atoms with Crippen molar-refractivity contribution in [1.82, 2.24) is 10.3 Å². The Morgan fingerprint density at radius 1 is 1.20 bits per heavy atom. The lowest BCUT2D eigenvalue weighted by Gasteiger charge is -2.09. The zero-order chi connectivity index (χ0) is 14.4. The number of benzene rings is 1. The van der Waals surface area contributed by atoms with Crippen LogP contribution in [0.4, 0.5) is 0 Å². The van der Waals surface area contributed by atoms with Crippen molar-refractivity contribution < 1.29 is 9.53 Å². The maximum atomic E-state index is 11.8. The number of ether oxygens (including phenoxy) is 1. The highest BCUT2D eigenvalue weighted by Gasteiger charge is 2.07. The van der Waals surface area contributed by atoms with Gasteiger partial charge in [-0.1, -0.05) is 30.3 Å². The van der Waals surface area contributed by atoms with Crippen LogP contribution in [0.15, 0.2) is 48.7 Å². The van der Waals surface area contributed by atoms with Gasteiger partial charge >= 0.3 is 0 Å². The number of hydrogen-bond donors (Lipinski definition) is 1. The molecule has 0 spiro atoms. The molecule has 4 heteroatoms. The summed E-state index contributed by atoms with van der Waals surface area (Å²) >= 11 is 0. The summed E-state index contributed by atoms with van der Waals surface area (Å²) in [6, 6.07) is 13.4. The van der Waals surface area contributed by atoms with Crippen LogP contribution in [0.5, 0.6) is 5.88 Å². The third-order valence-corrected chi connectivity index (χ3v) is 2.65. The maximum absolute atomic E-state index is 11.8. The van der Waals surface area contributed by atoms with Crippen LogP contribution in [-0.2, 0) is 6.61 Å². The van der Waals surface area contributed by atoms with Gasteiger partial charge in [0.25, 0.3) is 5.91 Å².